The zero-order valence-electron chi connectivity index (χ0n) is 26.5. The van der Waals surface area contributed by atoms with Gasteiger partial charge in [-0.15, -0.1) is 0 Å². The molecule has 2 rings (SSSR count). The highest BCUT2D eigenvalue weighted by Gasteiger charge is 2.51. The van der Waals surface area contributed by atoms with E-state index in [0.29, 0.717) is 12.8 Å². The number of halogens is 1. The van der Waals surface area contributed by atoms with Gasteiger partial charge in [-0.1, -0.05) is 0 Å². The van der Waals surface area contributed by atoms with E-state index in [1.807, 2.05) is 0 Å². The van der Waals surface area contributed by atoms with Gasteiger partial charge in [0.2, 0.25) is 13.6 Å². The van der Waals surface area contributed by atoms with Crippen LogP contribution >= 0.6 is 7.82 Å². The lowest BCUT2D eigenvalue weighted by Crippen LogP contribution is -2.58. The summed E-state index contributed by atoms with van der Waals surface area (Å²) in [5, 5.41) is 11.1. The van der Waals surface area contributed by atoms with Gasteiger partial charge in [-0.25, -0.2) is 32.4 Å². The quantitative estimate of drug-likeness (QED) is 0.0758. The normalized spacial score (nSPS) is 17.0. The summed E-state index contributed by atoms with van der Waals surface area (Å²) in [7, 11) is -1.10. The molecule has 1 saturated carbocycles. The van der Waals surface area contributed by atoms with Crippen molar-refractivity contribution in [2.75, 3.05) is 74.6 Å². The number of rotatable bonds is 22. The lowest BCUT2D eigenvalue weighted by atomic mass is 9.92. The molecule has 1 aliphatic rings. The zero-order valence-corrected chi connectivity index (χ0v) is 27.4. The first kappa shape index (κ1) is 40.2. The molecule has 2 N–H and O–H groups in total. The number of carbonyl (C=O) groups excluding carboxylic acids is 2. The lowest BCUT2D eigenvalue weighted by molar-refractivity contribution is -0.280. The Kier molecular flexibility index (Phi) is 16.9. The summed E-state index contributed by atoms with van der Waals surface area (Å²) in [6.45, 7) is -3.32. The van der Waals surface area contributed by atoms with Gasteiger partial charge in [0.1, 0.15) is 31.6 Å². The van der Waals surface area contributed by atoms with Gasteiger partial charge in [-0.05, 0) is 19.8 Å². The Bertz CT molecular complexity index is 1230. The number of H-pyrrole nitrogens is 1. The molecule has 1 heterocycles. The number of aromatic amines is 1. The Balaban J connectivity index is 2.33. The number of carbonyl (C=O) groups is 2. The molecule has 19 nitrogen and oxygen atoms in total. The van der Waals surface area contributed by atoms with Crippen molar-refractivity contribution in [1.29, 1.82) is 0 Å². The average molecular weight is 705 g/mol. The third kappa shape index (κ3) is 12.9. The third-order valence-corrected chi connectivity index (χ3v) is 8.16. The van der Waals surface area contributed by atoms with Crippen molar-refractivity contribution < 1.29 is 75.1 Å². The standard InChI is InChI=1S/C26H42FN2O17P/c1-19(29-10-7-20(30)28-22(29)31)21(46-26(34)8-5-6-9-26)25(15-27,38-4)16-43-47(35,44-17-41-23(32)39-13-11-36-2)45-18-42-24(33)40-14-12-37-3/h7,10,19,21,34H,5-6,8-9,11-18H2,1-4H3,(H,28,30,31)/t19-,21-,25+/m0/s1. The summed E-state index contributed by atoms with van der Waals surface area (Å²) < 4.78 is 85.0. The number of nitrogens with one attached hydrogen (secondary N) is 1. The number of phosphoric ester groups is 1. The molecule has 1 aromatic heterocycles. The molecule has 0 amide bonds. The smallest absolute Gasteiger partial charge is 0.432 e. The number of methoxy groups -OCH3 is 3. The summed E-state index contributed by atoms with van der Waals surface area (Å²) in [5.74, 6) is -1.76. The lowest BCUT2D eigenvalue weighted by Gasteiger charge is -2.43. The maximum atomic E-state index is 15.1. The maximum Gasteiger partial charge on any atom is 0.510 e. The van der Waals surface area contributed by atoms with Crippen molar-refractivity contribution in [3.05, 3.63) is 33.1 Å². The predicted molar refractivity (Wildman–Crippen MR) is 154 cm³/mol. The van der Waals surface area contributed by atoms with Crippen molar-refractivity contribution in [1.82, 2.24) is 9.55 Å². The summed E-state index contributed by atoms with van der Waals surface area (Å²) in [6.07, 6.45) is -1.36. The minimum absolute atomic E-state index is 0.0583. The van der Waals surface area contributed by atoms with Gasteiger partial charge in [-0.2, -0.15) is 0 Å². The van der Waals surface area contributed by atoms with Crippen molar-refractivity contribution in [2.24, 2.45) is 0 Å². The van der Waals surface area contributed by atoms with E-state index in [1.54, 1.807) is 0 Å². The predicted octanol–water partition coefficient (Wildman–Crippen LogP) is 1.77. The van der Waals surface area contributed by atoms with Crippen molar-refractivity contribution in [2.45, 2.75) is 56.1 Å². The number of ether oxygens (including phenoxy) is 8. The van der Waals surface area contributed by atoms with E-state index in [4.69, 9.17) is 42.0 Å². The summed E-state index contributed by atoms with van der Waals surface area (Å²) in [5.41, 5.74) is -3.79. The van der Waals surface area contributed by atoms with E-state index in [-0.39, 0.29) is 39.3 Å². The molecule has 0 radical (unpaired) electrons. The maximum absolute atomic E-state index is 15.1. The second-order valence-corrected chi connectivity index (χ2v) is 11.7. The van der Waals surface area contributed by atoms with Crippen LogP contribution in [0.25, 0.3) is 0 Å². The van der Waals surface area contributed by atoms with Crippen molar-refractivity contribution in [3.8, 4) is 0 Å². The second-order valence-electron chi connectivity index (χ2n) is 10.0. The topological polar surface area (TPSA) is 228 Å². The molecule has 0 saturated heterocycles. The van der Waals surface area contributed by atoms with Crippen molar-refractivity contribution in [3.63, 3.8) is 0 Å². The molecule has 0 aromatic carbocycles. The molecule has 1 aromatic rings. The molecule has 21 heteroatoms. The fourth-order valence-electron chi connectivity index (χ4n) is 4.33. The monoisotopic (exact) mass is 704 g/mol. The number of phosphoric acid groups is 1. The SMILES string of the molecule is COCCOC(=O)OCOP(=O)(OCOC(=O)OCCOC)OC[C@@](CF)(OC)[C@@H](OC1(O)CCCC1)[C@H](C)n1ccc(=O)[nH]c1=O. The highest BCUT2D eigenvalue weighted by atomic mass is 31.2. The molecule has 0 aliphatic heterocycles. The van der Waals surface area contributed by atoms with Crippen LogP contribution in [0.2, 0.25) is 0 Å². The molecule has 3 atom stereocenters. The van der Waals surface area contributed by atoms with Crippen LogP contribution in [0.3, 0.4) is 0 Å². The fourth-order valence-corrected chi connectivity index (χ4v) is 5.29. The zero-order chi connectivity index (χ0) is 34.9. The molecule has 0 spiro atoms. The molecule has 1 aliphatic carbocycles. The highest BCUT2D eigenvalue weighted by Crippen LogP contribution is 2.51. The Morgan fingerprint density at radius 3 is 2.00 bits per heavy atom. The van der Waals surface area contributed by atoms with Crippen LogP contribution in [0.15, 0.2) is 21.9 Å². The van der Waals surface area contributed by atoms with E-state index in [1.165, 1.54) is 21.1 Å². The van der Waals surface area contributed by atoms with Gasteiger partial charge in [0.15, 0.2) is 5.79 Å². The van der Waals surface area contributed by atoms with Gasteiger partial charge in [0.25, 0.3) is 5.56 Å². The number of hydrogen-bond donors (Lipinski definition) is 2. The summed E-state index contributed by atoms with van der Waals surface area (Å²) in [4.78, 5) is 50.0. The highest BCUT2D eigenvalue weighted by molar-refractivity contribution is 7.48. The minimum Gasteiger partial charge on any atom is -0.432 e. The van der Waals surface area contributed by atoms with Crippen LogP contribution in [0.1, 0.15) is 38.6 Å². The van der Waals surface area contributed by atoms with Gasteiger partial charge in [-0.3, -0.25) is 18.9 Å². The van der Waals surface area contributed by atoms with E-state index in [9.17, 15) is 28.8 Å². The Morgan fingerprint density at radius 1 is 0.979 bits per heavy atom. The van der Waals surface area contributed by atoms with Crippen LogP contribution in [-0.4, -0.2) is 119 Å². The molecule has 0 unspecified atom stereocenters. The van der Waals surface area contributed by atoms with Gasteiger partial charge < -0.3 is 43.0 Å². The van der Waals surface area contributed by atoms with Crippen LogP contribution in [0.5, 0.6) is 0 Å². The summed E-state index contributed by atoms with van der Waals surface area (Å²) >= 11 is 0. The number of nitrogens with zero attached hydrogens (tertiary/aromatic N) is 1. The number of alkyl halides is 1. The molecular weight excluding hydrogens is 662 g/mol. The molecule has 1 fully saturated rings. The fraction of sp³-hybridized carbons (Fsp3) is 0.769. The first-order chi connectivity index (χ1) is 22.4. The van der Waals surface area contributed by atoms with Crippen LogP contribution in [0.4, 0.5) is 14.0 Å². The van der Waals surface area contributed by atoms with E-state index in [2.05, 4.69) is 14.5 Å². The van der Waals surface area contributed by atoms with E-state index in [0.717, 1.165) is 23.9 Å². The first-order valence-corrected chi connectivity index (χ1v) is 15.8. The van der Waals surface area contributed by atoms with Crippen LogP contribution < -0.4 is 11.2 Å². The van der Waals surface area contributed by atoms with Gasteiger partial charge in [0, 0.05) is 46.4 Å². The molecule has 0 bridgehead atoms. The Labute approximate surface area is 269 Å². The Morgan fingerprint density at radius 2 is 1.53 bits per heavy atom. The van der Waals surface area contributed by atoms with Gasteiger partial charge in [0.05, 0.1) is 25.9 Å². The second kappa shape index (κ2) is 19.8. The molecule has 270 valence electrons. The third-order valence-electron chi connectivity index (χ3n) is 6.87. The van der Waals surface area contributed by atoms with E-state index >= 15 is 4.39 Å². The number of hydrogen-bond acceptors (Lipinski definition) is 17. The van der Waals surface area contributed by atoms with Crippen LogP contribution in [-0.2, 0) is 56.0 Å². The molecule has 47 heavy (non-hydrogen) atoms. The number of aliphatic hydroxyl groups is 1. The minimum atomic E-state index is -4.92. The first-order valence-electron chi connectivity index (χ1n) is 14.3. The van der Waals surface area contributed by atoms with Crippen molar-refractivity contribution >= 4 is 20.1 Å². The van der Waals surface area contributed by atoms with Crippen LogP contribution in [0, 0.1) is 0 Å². The van der Waals surface area contributed by atoms with E-state index < -0.39 is 81.8 Å². The number of aromatic nitrogens is 2. The summed E-state index contributed by atoms with van der Waals surface area (Å²) in [6, 6.07) is -0.0873. The largest absolute Gasteiger partial charge is 0.510 e. The molecular formula is C26H42FN2O17P. The average Bonchev–Trinajstić information content (AvgIpc) is 3.47. The Hall–Kier alpha value is -2.94. The van der Waals surface area contributed by atoms with Gasteiger partial charge >= 0.3 is 25.8 Å².